The molecule has 154 valence electrons. The standard InChI is InChI=1S/C17H17N4O6P.BrH/c1-28(26,27)17(18-9-10-5-3-2-4-6-10)12-7-11(21(24)25)8-13-14(12)20-16(23)15(22)19-13;/h2-8,17-18H,9H2,1H3,(H,19,22)(H,20,23)(H,26,27);1H. The van der Waals surface area contributed by atoms with Crippen LogP contribution in [-0.2, 0) is 11.1 Å². The summed E-state index contributed by atoms with van der Waals surface area (Å²) in [5.41, 5.74) is -1.40. The summed E-state index contributed by atoms with van der Waals surface area (Å²) in [4.78, 5) is 48.9. The second-order valence-electron chi connectivity index (χ2n) is 6.34. The van der Waals surface area contributed by atoms with E-state index >= 15 is 0 Å². The van der Waals surface area contributed by atoms with Crippen LogP contribution in [0.1, 0.15) is 16.9 Å². The lowest BCUT2D eigenvalue weighted by Crippen LogP contribution is -2.30. The molecule has 0 bridgehead atoms. The Hall–Kier alpha value is -2.59. The highest BCUT2D eigenvalue weighted by atomic mass is 79.9. The molecule has 0 saturated heterocycles. The highest BCUT2D eigenvalue weighted by Gasteiger charge is 2.31. The number of aromatic nitrogens is 2. The molecule has 2 atom stereocenters. The SMILES string of the molecule is Br.CP(=O)(O)C(NCc1ccccc1)c1cc([N+](=O)[O-])cc2[nH]c(=O)c(=O)[nH]c12. The average molecular weight is 485 g/mol. The summed E-state index contributed by atoms with van der Waals surface area (Å²) in [5, 5.41) is 14.2. The van der Waals surface area contributed by atoms with Gasteiger partial charge in [-0.25, -0.2) is 0 Å². The summed E-state index contributed by atoms with van der Waals surface area (Å²) in [6.45, 7) is 1.33. The fraction of sp³-hybridized carbons (Fsp3) is 0.176. The molecule has 0 amide bonds. The maximum absolute atomic E-state index is 12.6. The van der Waals surface area contributed by atoms with Gasteiger partial charge in [0.2, 0.25) is 7.37 Å². The van der Waals surface area contributed by atoms with E-state index in [2.05, 4.69) is 15.3 Å². The molecule has 1 aromatic heterocycles. The molecule has 0 spiro atoms. The lowest BCUT2D eigenvalue weighted by molar-refractivity contribution is -0.384. The molecule has 0 radical (unpaired) electrons. The minimum Gasteiger partial charge on any atom is -0.343 e. The van der Waals surface area contributed by atoms with Gasteiger partial charge in [-0.1, -0.05) is 30.3 Å². The summed E-state index contributed by atoms with van der Waals surface area (Å²) in [5.74, 6) is -1.21. The predicted octanol–water partition coefficient (Wildman–Crippen LogP) is 2.39. The number of rotatable bonds is 6. The molecule has 3 aromatic rings. The van der Waals surface area contributed by atoms with Crippen LogP contribution >= 0.6 is 24.4 Å². The van der Waals surface area contributed by atoms with Crippen molar-refractivity contribution in [1.82, 2.24) is 15.3 Å². The molecule has 0 aliphatic heterocycles. The Morgan fingerprint density at radius 1 is 1.17 bits per heavy atom. The van der Waals surface area contributed by atoms with Crippen molar-refractivity contribution < 1.29 is 14.4 Å². The van der Waals surface area contributed by atoms with Gasteiger partial charge in [-0.15, -0.1) is 17.0 Å². The molecule has 3 rings (SSSR count). The van der Waals surface area contributed by atoms with Gasteiger partial charge in [0.25, 0.3) is 5.69 Å². The number of non-ortho nitro benzene ring substituents is 1. The fourth-order valence-electron chi connectivity index (χ4n) is 2.91. The number of fused-ring (bicyclic) bond motifs is 1. The van der Waals surface area contributed by atoms with Gasteiger partial charge < -0.3 is 14.9 Å². The Labute approximate surface area is 174 Å². The van der Waals surface area contributed by atoms with Gasteiger partial charge in [-0.3, -0.25) is 29.6 Å². The van der Waals surface area contributed by atoms with Crippen molar-refractivity contribution in [2.75, 3.05) is 6.66 Å². The first kappa shape index (κ1) is 22.7. The van der Waals surface area contributed by atoms with Crippen LogP contribution in [0.3, 0.4) is 0 Å². The molecule has 0 fully saturated rings. The molecule has 10 nitrogen and oxygen atoms in total. The van der Waals surface area contributed by atoms with Gasteiger partial charge in [0, 0.05) is 30.9 Å². The van der Waals surface area contributed by atoms with Crippen molar-refractivity contribution in [1.29, 1.82) is 0 Å². The number of nitrogens with zero attached hydrogens (tertiary/aromatic N) is 1. The van der Waals surface area contributed by atoms with Crippen LogP contribution in [0.5, 0.6) is 0 Å². The molecule has 12 heteroatoms. The van der Waals surface area contributed by atoms with Gasteiger partial charge >= 0.3 is 11.1 Å². The Bertz CT molecular complexity index is 1200. The largest absolute Gasteiger partial charge is 0.343 e. The first-order chi connectivity index (χ1) is 13.2. The molecule has 0 saturated carbocycles. The van der Waals surface area contributed by atoms with Crippen molar-refractivity contribution in [3.8, 4) is 0 Å². The van der Waals surface area contributed by atoms with E-state index in [1.165, 1.54) is 0 Å². The first-order valence-corrected chi connectivity index (χ1v) is 10.4. The zero-order valence-corrected chi connectivity index (χ0v) is 17.7. The maximum atomic E-state index is 12.6. The third-order valence-corrected chi connectivity index (χ3v) is 5.59. The summed E-state index contributed by atoms with van der Waals surface area (Å²) < 4.78 is 12.6. The number of aromatic amines is 2. The Morgan fingerprint density at radius 3 is 2.38 bits per heavy atom. The lowest BCUT2D eigenvalue weighted by atomic mass is 10.1. The number of nitrogens with one attached hydrogen (secondary N) is 3. The molecule has 29 heavy (non-hydrogen) atoms. The van der Waals surface area contributed by atoms with Crippen LogP contribution in [-0.4, -0.2) is 26.4 Å². The highest BCUT2D eigenvalue weighted by molar-refractivity contribution is 8.93. The van der Waals surface area contributed by atoms with E-state index in [1.807, 2.05) is 30.3 Å². The van der Waals surface area contributed by atoms with Crippen LogP contribution in [0.4, 0.5) is 5.69 Å². The fourth-order valence-corrected chi connectivity index (χ4v) is 4.05. The van der Waals surface area contributed by atoms with E-state index in [4.69, 9.17) is 0 Å². The molecule has 2 aromatic carbocycles. The zero-order valence-electron chi connectivity index (χ0n) is 15.1. The second-order valence-corrected chi connectivity index (χ2v) is 8.74. The lowest BCUT2D eigenvalue weighted by Gasteiger charge is -2.23. The quantitative estimate of drug-likeness (QED) is 0.181. The van der Waals surface area contributed by atoms with E-state index in [0.717, 1.165) is 24.4 Å². The van der Waals surface area contributed by atoms with Gasteiger partial charge in [0.05, 0.1) is 16.0 Å². The van der Waals surface area contributed by atoms with Crippen LogP contribution in [0, 0.1) is 10.1 Å². The van der Waals surface area contributed by atoms with E-state index in [0.29, 0.717) is 0 Å². The third-order valence-electron chi connectivity index (χ3n) is 4.17. The summed E-state index contributed by atoms with van der Waals surface area (Å²) in [7, 11) is -3.86. The van der Waals surface area contributed by atoms with E-state index in [-0.39, 0.29) is 45.8 Å². The van der Waals surface area contributed by atoms with Crippen molar-refractivity contribution >= 4 is 41.1 Å². The number of nitro groups is 1. The molecule has 0 aliphatic rings. The van der Waals surface area contributed by atoms with Gasteiger partial charge in [0.15, 0.2) is 0 Å². The summed E-state index contributed by atoms with van der Waals surface area (Å²) >= 11 is 0. The number of benzene rings is 2. The Balaban J connectivity index is 0.00000300. The number of halogens is 1. The number of hydrogen-bond acceptors (Lipinski definition) is 6. The van der Waals surface area contributed by atoms with Gasteiger partial charge in [0.1, 0.15) is 5.78 Å². The first-order valence-electron chi connectivity index (χ1n) is 8.18. The normalized spacial score (nSPS) is 14.0. The van der Waals surface area contributed by atoms with Crippen molar-refractivity contribution in [2.45, 2.75) is 12.3 Å². The van der Waals surface area contributed by atoms with Crippen molar-refractivity contribution in [3.05, 3.63) is 84.4 Å². The average Bonchev–Trinajstić information content (AvgIpc) is 2.62. The molecular weight excluding hydrogens is 467 g/mol. The highest BCUT2D eigenvalue weighted by Crippen LogP contribution is 2.52. The molecule has 1 heterocycles. The van der Waals surface area contributed by atoms with Crippen molar-refractivity contribution in [3.63, 3.8) is 0 Å². The third kappa shape index (κ3) is 5.07. The van der Waals surface area contributed by atoms with E-state index < -0.39 is 29.2 Å². The topological polar surface area (TPSA) is 158 Å². The Morgan fingerprint density at radius 2 is 1.79 bits per heavy atom. The summed E-state index contributed by atoms with van der Waals surface area (Å²) in [6, 6.07) is 11.3. The van der Waals surface area contributed by atoms with Crippen LogP contribution in [0.25, 0.3) is 11.0 Å². The minimum atomic E-state index is -3.86. The number of nitro benzene ring substituents is 1. The molecule has 2 unspecified atom stereocenters. The minimum absolute atomic E-state index is 0. The molecule has 4 N–H and O–H groups in total. The predicted molar refractivity (Wildman–Crippen MR) is 114 cm³/mol. The maximum Gasteiger partial charge on any atom is 0.314 e. The van der Waals surface area contributed by atoms with Gasteiger partial charge in [-0.2, -0.15) is 0 Å². The monoisotopic (exact) mass is 484 g/mol. The zero-order chi connectivity index (χ0) is 20.5. The molecule has 0 aliphatic carbocycles. The van der Waals surface area contributed by atoms with Crippen molar-refractivity contribution in [2.24, 2.45) is 0 Å². The smallest absolute Gasteiger partial charge is 0.314 e. The summed E-state index contributed by atoms with van der Waals surface area (Å²) in [6.07, 6.45) is 0. The van der Waals surface area contributed by atoms with Crippen LogP contribution in [0.2, 0.25) is 0 Å². The second kappa shape index (κ2) is 8.83. The Kier molecular flexibility index (Phi) is 6.91. The molecular formula is C17H18BrN4O6P. The van der Waals surface area contributed by atoms with Gasteiger partial charge in [-0.05, 0) is 5.56 Å². The van der Waals surface area contributed by atoms with Crippen LogP contribution < -0.4 is 16.4 Å². The van der Waals surface area contributed by atoms with Crippen LogP contribution in [0.15, 0.2) is 52.1 Å². The number of H-pyrrole nitrogens is 2. The van der Waals surface area contributed by atoms with E-state index in [1.54, 1.807) is 0 Å². The van der Waals surface area contributed by atoms with E-state index in [9.17, 15) is 29.2 Å². The number of hydrogen-bond donors (Lipinski definition) is 4.